The zero-order valence-corrected chi connectivity index (χ0v) is 12.1. The van der Waals surface area contributed by atoms with Gasteiger partial charge in [-0.1, -0.05) is 0 Å². The number of hydrogen-bond donors (Lipinski definition) is 2. The number of hydrogen-bond acceptors (Lipinski definition) is 3. The first-order chi connectivity index (χ1) is 9.65. The topological polar surface area (TPSA) is 67.4 Å². The number of benzene rings is 1. The SMILES string of the molecule is CC(C)(C)OC(=O)NCCC(=O)Nc1cc(F)cc(F)c1. The summed E-state index contributed by atoms with van der Waals surface area (Å²) in [6, 6.07) is 2.71. The molecule has 0 bridgehead atoms. The Morgan fingerprint density at radius 2 is 1.71 bits per heavy atom. The van der Waals surface area contributed by atoms with Gasteiger partial charge in [0.05, 0.1) is 0 Å². The quantitative estimate of drug-likeness (QED) is 0.898. The fraction of sp³-hybridized carbons (Fsp3) is 0.429. The van der Waals surface area contributed by atoms with Crippen LogP contribution in [0.5, 0.6) is 0 Å². The number of halogens is 2. The summed E-state index contributed by atoms with van der Waals surface area (Å²) in [4.78, 5) is 22.9. The van der Waals surface area contributed by atoms with E-state index in [9.17, 15) is 18.4 Å². The third-order valence-corrected chi connectivity index (χ3v) is 2.17. The van der Waals surface area contributed by atoms with Gasteiger partial charge in [-0.2, -0.15) is 0 Å². The smallest absolute Gasteiger partial charge is 0.407 e. The number of rotatable bonds is 4. The Morgan fingerprint density at radius 1 is 1.14 bits per heavy atom. The number of carbonyl (C=O) groups excluding carboxylic acids is 2. The van der Waals surface area contributed by atoms with Gasteiger partial charge in [-0.15, -0.1) is 0 Å². The predicted molar refractivity (Wildman–Crippen MR) is 73.8 cm³/mol. The summed E-state index contributed by atoms with van der Waals surface area (Å²) in [5.74, 6) is -2.04. The van der Waals surface area contributed by atoms with Crippen LogP contribution in [-0.4, -0.2) is 24.1 Å². The van der Waals surface area contributed by atoms with Crippen molar-refractivity contribution in [1.29, 1.82) is 0 Å². The largest absolute Gasteiger partial charge is 0.444 e. The summed E-state index contributed by atoms with van der Waals surface area (Å²) >= 11 is 0. The molecule has 0 aliphatic carbocycles. The Morgan fingerprint density at radius 3 is 2.24 bits per heavy atom. The minimum absolute atomic E-state index is 0.0229. The fourth-order valence-electron chi connectivity index (χ4n) is 1.44. The van der Waals surface area contributed by atoms with Crippen molar-refractivity contribution in [2.75, 3.05) is 11.9 Å². The maximum atomic E-state index is 12.9. The van der Waals surface area contributed by atoms with Crippen LogP contribution in [0.3, 0.4) is 0 Å². The lowest BCUT2D eigenvalue weighted by molar-refractivity contribution is -0.116. The van der Waals surface area contributed by atoms with Gasteiger partial charge >= 0.3 is 6.09 Å². The zero-order chi connectivity index (χ0) is 16.0. The zero-order valence-electron chi connectivity index (χ0n) is 12.1. The molecular formula is C14H18F2N2O3. The maximum Gasteiger partial charge on any atom is 0.407 e. The molecule has 1 aromatic carbocycles. The molecule has 7 heteroatoms. The van der Waals surface area contributed by atoms with E-state index >= 15 is 0 Å². The van der Waals surface area contributed by atoms with Crippen LogP contribution in [0.1, 0.15) is 27.2 Å². The van der Waals surface area contributed by atoms with Crippen LogP contribution >= 0.6 is 0 Å². The van der Waals surface area contributed by atoms with Crippen molar-refractivity contribution in [2.24, 2.45) is 0 Å². The monoisotopic (exact) mass is 300 g/mol. The molecule has 0 radical (unpaired) electrons. The lowest BCUT2D eigenvalue weighted by Gasteiger charge is -2.19. The van der Waals surface area contributed by atoms with E-state index in [0.29, 0.717) is 6.07 Å². The molecule has 0 spiro atoms. The number of ether oxygens (including phenoxy) is 1. The summed E-state index contributed by atoms with van der Waals surface area (Å²) in [7, 11) is 0. The molecule has 0 heterocycles. The second-order valence-corrected chi connectivity index (χ2v) is 5.38. The van der Waals surface area contributed by atoms with Gasteiger partial charge in [0.15, 0.2) is 0 Å². The van der Waals surface area contributed by atoms with Crippen molar-refractivity contribution in [3.63, 3.8) is 0 Å². The molecule has 0 atom stereocenters. The van der Waals surface area contributed by atoms with Crippen LogP contribution in [0, 0.1) is 11.6 Å². The second-order valence-electron chi connectivity index (χ2n) is 5.38. The number of alkyl carbamates (subject to hydrolysis) is 1. The summed E-state index contributed by atoms with van der Waals surface area (Å²) in [5, 5.41) is 4.74. The van der Waals surface area contributed by atoms with Crippen LogP contribution in [0.2, 0.25) is 0 Å². The molecule has 0 aliphatic heterocycles. The average molecular weight is 300 g/mol. The van der Waals surface area contributed by atoms with Crippen molar-refractivity contribution in [1.82, 2.24) is 5.32 Å². The highest BCUT2D eigenvalue weighted by Gasteiger charge is 2.15. The van der Waals surface area contributed by atoms with Crippen LogP contribution in [-0.2, 0) is 9.53 Å². The molecule has 0 fully saturated rings. The van der Waals surface area contributed by atoms with Crippen LogP contribution in [0.25, 0.3) is 0 Å². The van der Waals surface area contributed by atoms with Crippen molar-refractivity contribution in [3.05, 3.63) is 29.8 Å². The van der Waals surface area contributed by atoms with E-state index in [1.165, 1.54) is 0 Å². The van der Waals surface area contributed by atoms with Gasteiger partial charge in [-0.25, -0.2) is 13.6 Å². The minimum atomic E-state index is -0.780. The molecule has 2 N–H and O–H groups in total. The van der Waals surface area contributed by atoms with E-state index in [1.54, 1.807) is 20.8 Å². The second kappa shape index (κ2) is 7.01. The molecule has 5 nitrogen and oxygen atoms in total. The molecule has 2 amide bonds. The number of amides is 2. The normalized spacial score (nSPS) is 10.9. The van der Waals surface area contributed by atoms with Crippen molar-refractivity contribution >= 4 is 17.7 Å². The Balaban J connectivity index is 2.36. The minimum Gasteiger partial charge on any atom is -0.444 e. The van der Waals surface area contributed by atoms with E-state index in [-0.39, 0.29) is 18.7 Å². The molecular weight excluding hydrogens is 282 g/mol. The lowest BCUT2D eigenvalue weighted by atomic mass is 10.2. The Hall–Kier alpha value is -2.18. The molecule has 1 aromatic rings. The number of carbonyl (C=O) groups is 2. The summed E-state index contributed by atoms with van der Waals surface area (Å²) in [5.41, 5.74) is -0.597. The lowest BCUT2D eigenvalue weighted by Crippen LogP contribution is -2.34. The van der Waals surface area contributed by atoms with Crippen molar-refractivity contribution in [3.8, 4) is 0 Å². The Labute approximate surface area is 121 Å². The summed E-state index contributed by atoms with van der Waals surface area (Å²) in [6.45, 7) is 5.21. The van der Waals surface area contributed by atoms with Gasteiger partial charge in [0.1, 0.15) is 17.2 Å². The maximum absolute atomic E-state index is 12.9. The van der Waals surface area contributed by atoms with E-state index in [4.69, 9.17) is 4.74 Å². The molecule has 0 saturated heterocycles. The van der Waals surface area contributed by atoms with Gasteiger partial charge in [-0.05, 0) is 32.9 Å². The fourth-order valence-corrected chi connectivity index (χ4v) is 1.44. The van der Waals surface area contributed by atoms with Crippen LogP contribution in [0.15, 0.2) is 18.2 Å². The van der Waals surface area contributed by atoms with E-state index in [0.717, 1.165) is 12.1 Å². The standard InChI is InChI=1S/C14H18F2N2O3/c1-14(2,3)21-13(20)17-5-4-12(19)18-11-7-9(15)6-10(16)8-11/h6-8H,4-5H2,1-3H3,(H,17,20)(H,18,19). The first-order valence-corrected chi connectivity index (χ1v) is 6.38. The third-order valence-electron chi connectivity index (χ3n) is 2.17. The molecule has 0 unspecified atom stereocenters. The van der Waals surface area contributed by atoms with Gasteiger partial charge in [0, 0.05) is 24.7 Å². The summed E-state index contributed by atoms with van der Waals surface area (Å²) in [6.07, 6.45) is -0.677. The highest BCUT2D eigenvalue weighted by Crippen LogP contribution is 2.13. The van der Waals surface area contributed by atoms with E-state index in [1.807, 2.05) is 0 Å². The molecule has 0 aromatic heterocycles. The van der Waals surface area contributed by atoms with E-state index < -0.39 is 29.2 Å². The van der Waals surface area contributed by atoms with Crippen molar-refractivity contribution < 1.29 is 23.1 Å². The first-order valence-electron chi connectivity index (χ1n) is 6.38. The molecule has 116 valence electrons. The highest BCUT2D eigenvalue weighted by molar-refractivity contribution is 5.91. The van der Waals surface area contributed by atoms with Crippen LogP contribution < -0.4 is 10.6 Å². The van der Waals surface area contributed by atoms with E-state index in [2.05, 4.69) is 10.6 Å². The first kappa shape index (κ1) is 16.9. The molecule has 21 heavy (non-hydrogen) atoms. The van der Waals surface area contributed by atoms with Crippen molar-refractivity contribution in [2.45, 2.75) is 32.8 Å². The third kappa shape index (κ3) is 7.24. The van der Waals surface area contributed by atoms with Gasteiger partial charge in [0.2, 0.25) is 5.91 Å². The number of anilines is 1. The molecule has 1 rings (SSSR count). The average Bonchev–Trinajstić information content (AvgIpc) is 2.24. The molecule has 0 saturated carbocycles. The van der Waals surface area contributed by atoms with Gasteiger partial charge in [0.25, 0.3) is 0 Å². The van der Waals surface area contributed by atoms with Crippen LogP contribution in [0.4, 0.5) is 19.3 Å². The predicted octanol–water partition coefficient (Wildman–Crippen LogP) is 2.82. The molecule has 0 aliphatic rings. The summed E-state index contributed by atoms with van der Waals surface area (Å²) < 4.78 is 30.8. The number of nitrogens with one attached hydrogen (secondary N) is 2. The van der Waals surface area contributed by atoms with Gasteiger partial charge in [-0.3, -0.25) is 4.79 Å². The van der Waals surface area contributed by atoms with Gasteiger partial charge < -0.3 is 15.4 Å². The Bertz CT molecular complexity index is 507. The Kier molecular flexibility index (Phi) is 5.63. The highest BCUT2D eigenvalue weighted by atomic mass is 19.1.